The minimum Gasteiger partial charge on any atom is -0.337 e. The number of carbonyl (C=O) groups excluding carboxylic acids is 1. The van der Waals surface area contributed by atoms with Crippen LogP contribution in [0.25, 0.3) is 0 Å². The molecule has 7 heteroatoms. The van der Waals surface area contributed by atoms with Crippen molar-refractivity contribution in [2.75, 3.05) is 12.5 Å². The highest BCUT2D eigenvalue weighted by atomic mass is 35.5. The number of hydrazine groups is 1. The van der Waals surface area contributed by atoms with Gasteiger partial charge in [0.05, 0.1) is 10.6 Å². The number of nitrogens with one attached hydrogen (secondary N) is 1. The Morgan fingerprint density at radius 2 is 2.05 bits per heavy atom. The molecule has 3 N–H and O–H groups in total. The van der Waals surface area contributed by atoms with Gasteiger partial charge in [0.1, 0.15) is 0 Å². The first kappa shape index (κ1) is 15.6. The van der Waals surface area contributed by atoms with Crippen LogP contribution in [0.2, 0.25) is 10.0 Å². The van der Waals surface area contributed by atoms with Crippen molar-refractivity contribution in [1.29, 1.82) is 0 Å². The fourth-order valence-electron chi connectivity index (χ4n) is 1.84. The minimum atomic E-state index is -0.201. The van der Waals surface area contributed by atoms with Crippen molar-refractivity contribution < 1.29 is 4.79 Å². The smallest absolute Gasteiger partial charge is 0.255 e. The molecular formula is C14H14Cl2N4O. The molecule has 2 aromatic rings. The van der Waals surface area contributed by atoms with Crippen LogP contribution < -0.4 is 11.3 Å². The first-order chi connectivity index (χ1) is 10.0. The summed E-state index contributed by atoms with van der Waals surface area (Å²) in [7, 11) is 1.69. The average Bonchev–Trinajstić information content (AvgIpc) is 2.48. The Balaban J connectivity index is 2.16. The third-order valence-corrected chi connectivity index (χ3v) is 3.59. The van der Waals surface area contributed by atoms with Gasteiger partial charge in [-0.1, -0.05) is 41.4 Å². The second-order valence-corrected chi connectivity index (χ2v) is 5.27. The molecule has 0 fully saturated rings. The Morgan fingerprint density at radius 3 is 2.67 bits per heavy atom. The largest absolute Gasteiger partial charge is 0.337 e. The maximum absolute atomic E-state index is 12.3. The van der Waals surface area contributed by atoms with Gasteiger partial charge in [-0.25, -0.2) is 10.8 Å². The lowest BCUT2D eigenvalue weighted by atomic mass is 10.2. The van der Waals surface area contributed by atoms with E-state index in [4.69, 9.17) is 29.0 Å². The number of halogens is 2. The van der Waals surface area contributed by atoms with E-state index in [0.29, 0.717) is 22.9 Å². The first-order valence-corrected chi connectivity index (χ1v) is 6.89. The van der Waals surface area contributed by atoms with Crippen molar-refractivity contribution in [2.45, 2.75) is 6.54 Å². The molecule has 0 spiro atoms. The van der Waals surface area contributed by atoms with Gasteiger partial charge in [-0.05, 0) is 17.7 Å². The van der Waals surface area contributed by atoms with E-state index in [1.54, 1.807) is 18.0 Å². The van der Waals surface area contributed by atoms with Crippen LogP contribution in [0.3, 0.4) is 0 Å². The molecule has 0 bridgehead atoms. The van der Waals surface area contributed by atoms with Crippen LogP contribution in [0.1, 0.15) is 15.9 Å². The minimum absolute atomic E-state index is 0.201. The fourth-order valence-corrected chi connectivity index (χ4v) is 2.25. The van der Waals surface area contributed by atoms with Crippen molar-refractivity contribution in [2.24, 2.45) is 5.84 Å². The average molecular weight is 325 g/mol. The molecule has 1 heterocycles. The summed E-state index contributed by atoms with van der Waals surface area (Å²) in [6, 6.07) is 8.90. The van der Waals surface area contributed by atoms with Gasteiger partial charge >= 0.3 is 0 Å². The zero-order chi connectivity index (χ0) is 15.4. The molecule has 110 valence electrons. The molecule has 0 saturated heterocycles. The maximum atomic E-state index is 12.3. The molecule has 1 aromatic carbocycles. The van der Waals surface area contributed by atoms with Gasteiger partial charge in [-0.15, -0.1) is 0 Å². The normalized spacial score (nSPS) is 10.3. The van der Waals surface area contributed by atoms with E-state index in [1.807, 2.05) is 18.2 Å². The molecule has 0 aliphatic heterocycles. The SMILES string of the molecule is CN(Cc1ccccc1Cl)C(=O)c1cnc(NN)c(Cl)c1. The highest BCUT2D eigenvalue weighted by Gasteiger charge is 2.15. The van der Waals surface area contributed by atoms with Gasteiger partial charge in [-0.2, -0.15) is 0 Å². The number of anilines is 1. The van der Waals surface area contributed by atoms with E-state index in [9.17, 15) is 4.79 Å². The summed E-state index contributed by atoms with van der Waals surface area (Å²) in [5.41, 5.74) is 3.61. The van der Waals surface area contributed by atoms with E-state index < -0.39 is 0 Å². The molecule has 0 aliphatic carbocycles. The summed E-state index contributed by atoms with van der Waals surface area (Å²) in [6.07, 6.45) is 1.42. The number of carbonyl (C=O) groups is 1. The van der Waals surface area contributed by atoms with Crippen molar-refractivity contribution in [3.05, 3.63) is 57.7 Å². The van der Waals surface area contributed by atoms with E-state index in [-0.39, 0.29) is 10.9 Å². The van der Waals surface area contributed by atoms with Crippen LogP contribution in [0.5, 0.6) is 0 Å². The number of rotatable bonds is 4. The predicted molar refractivity (Wildman–Crippen MR) is 84.3 cm³/mol. The molecule has 0 unspecified atom stereocenters. The molecule has 0 radical (unpaired) electrons. The van der Waals surface area contributed by atoms with Crippen LogP contribution in [-0.2, 0) is 6.54 Å². The lowest BCUT2D eigenvalue weighted by molar-refractivity contribution is 0.0785. The van der Waals surface area contributed by atoms with E-state index in [2.05, 4.69) is 10.4 Å². The third-order valence-electron chi connectivity index (χ3n) is 2.94. The number of pyridine rings is 1. The summed E-state index contributed by atoms with van der Waals surface area (Å²) in [6.45, 7) is 0.396. The first-order valence-electron chi connectivity index (χ1n) is 6.14. The van der Waals surface area contributed by atoms with Crippen molar-refractivity contribution >= 4 is 34.9 Å². The second kappa shape index (κ2) is 6.76. The lowest BCUT2D eigenvalue weighted by Gasteiger charge is -2.18. The number of hydrogen-bond acceptors (Lipinski definition) is 4. The Labute approximate surface area is 132 Å². The second-order valence-electron chi connectivity index (χ2n) is 4.45. The summed E-state index contributed by atoms with van der Waals surface area (Å²) >= 11 is 12.1. The molecular weight excluding hydrogens is 311 g/mol. The molecule has 0 aliphatic rings. The highest BCUT2D eigenvalue weighted by Crippen LogP contribution is 2.21. The monoisotopic (exact) mass is 324 g/mol. The van der Waals surface area contributed by atoms with Crippen LogP contribution in [0, 0.1) is 0 Å². The lowest BCUT2D eigenvalue weighted by Crippen LogP contribution is -2.26. The Kier molecular flexibility index (Phi) is 5.01. The fraction of sp³-hybridized carbons (Fsp3) is 0.143. The van der Waals surface area contributed by atoms with Gasteiger partial charge in [-0.3, -0.25) is 4.79 Å². The van der Waals surface area contributed by atoms with Gasteiger partial charge in [0.15, 0.2) is 5.82 Å². The molecule has 21 heavy (non-hydrogen) atoms. The number of nitrogens with zero attached hydrogens (tertiary/aromatic N) is 2. The van der Waals surface area contributed by atoms with E-state index >= 15 is 0 Å². The zero-order valence-electron chi connectivity index (χ0n) is 11.3. The van der Waals surface area contributed by atoms with Crippen LogP contribution in [0.4, 0.5) is 5.82 Å². The number of aromatic nitrogens is 1. The molecule has 1 amide bonds. The summed E-state index contributed by atoms with van der Waals surface area (Å²) in [5, 5.41) is 0.908. The van der Waals surface area contributed by atoms with E-state index in [1.165, 1.54) is 12.3 Å². The van der Waals surface area contributed by atoms with Crippen LogP contribution in [0.15, 0.2) is 36.5 Å². The summed E-state index contributed by atoms with van der Waals surface area (Å²) in [4.78, 5) is 17.9. The van der Waals surface area contributed by atoms with Gasteiger partial charge in [0, 0.05) is 24.8 Å². The molecule has 2 rings (SSSR count). The maximum Gasteiger partial charge on any atom is 0.255 e. The van der Waals surface area contributed by atoms with Crippen LogP contribution in [-0.4, -0.2) is 22.8 Å². The highest BCUT2D eigenvalue weighted by molar-refractivity contribution is 6.33. The Morgan fingerprint density at radius 1 is 1.33 bits per heavy atom. The number of benzene rings is 1. The Hall–Kier alpha value is -1.82. The summed E-state index contributed by atoms with van der Waals surface area (Å²) in [5.74, 6) is 5.37. The van der Waals surface area contributed by atoms with Crippen LogP contribution >= 0.6 is 23.2 Å². The quantitative estimate of drug-likeness (QED) is 0.670. The number of nitrogen functional groups attached to an aromatic ring is 1. The van der Waals surface area contributed by atoms with Crippen molar-refractivity contribution in [3.63, 3.8) is 0 Å². The van der Waals surface area contributed by atoms with E-state index in [0.717, 1.165) is 5.56 Å². The number of nitrogens with two attached hydrogens (primary N) is 1. The summed E-state index contributed by atoms with van der Waals surface area (Å²) < 4.78 is 0. The molecule has 5 nitrogen and oxygen atoms in total. The molecule has 0 atom stereocenters. The van der Waals surface area contributed by atoms with Crippen molar-refractivity contribution in [3.8, 4) is 0 Å². The third kappa shape index (κ3) is 3.64. The van der Waals surface area contributed by atoms with Crippen molar-refractivity contribution in [1.82, 2.24) is 9.88 Å². The zero-order valence-corrected chi connectivity index (χ0v) is 12.8. The Bertz CT molecular complexity index is 663. The topological polar surface area (TPSA) is 71.2 Å². The van der Waals surface area contributed by atoms with Gasteiger partial charge in [0.2, 0.25) is 0 Å². The predicted octanol–water partition coefficient (Wildman–Crippen LogP) is 2.95. The number of hydrogen-bond donors (Lipinski definition) is 2. The van der Waals surface area contributed by atoms with Gasteiger partial charge in [0.25, 0.3) is 5.91 Å². The van der Waals surface area contributed by atoms with Gasteiger partial charge < -0.3 is 10.3 Å². The molecule has 1 aromatic heterocycles. The standard InChI is InChI=1S/C14H14Cl2N4O/c1-20(8-9-4-2-3-5-11(9)15)14(21)10-6-12(16)13(19-17)18-7-10/h2-7H,8,17H2,1H3,(H,18,19). The molecule has 0 saturated carbocycles. The number of amides is 1.